The standard InChI is InChI=1S/C24H35NO8/c1-8-20(26)31-16(6)12-24(25,23(29)30-7)13-17-9-10-18(32-21(27)14(2)3)19(11-17)33-22(28)15(4)5/h9-11,14-16H,8,12-13,25H2,1-7H3/t16?,24-/m1/s1. The van der Waals surface area contributed by atoms with Crippen LogP contribution in [0.5, 0.6) is 11.5 Å². The summed E-state index contributed by atoms with van der Waals surface area (Å²) in [4.78, 5) is 48.4. The van der Waals surface area contributed by atoms with Crippen molar-refractivity contribution in [1.29, 1.82) is 0 Å². The lowest BCUT2D eigenvalue weighted by Gasteiger charge is -2.29. The summed E-state index contributed by atoms with van der Waals surface area (Å²) in [5.41, 5.74) is 5.42. The van der Waals surface area contributed by atoms with Gasteiger partial charge in [-0.2, -0.15) is 0 Å². The molecule has 9 nitrogen and oxygen atoms in total. The molecule has 0 heterocycles. The van der Waals surface area contributed by atoms with Gasteiger partial charge in [-0.3, -0.25) is 19.2 Å². The second-order valence-electron chi connectivity index (χ2n) is 8.62. The second-order valence-corrected chi connectivity index (χ2v) is 8.62. The van der Waals surface area contributed by atoms with E-state index in [9.17, 15) is 19.2 Å². The summed E-state index contributed by atoms with van der Waals surface area (Å²) in [6.45, 7) is 10.0. The third-order valence-corrected chi connectivity index (χ3v) is 4.76. The van der Waals surface area contributed by atoms with Crippen molar-refractivity contribution in [2.45, 2.75) is 72.4 Å². The largest absolute Gasteiger partial charge is 0.468 e. The van der Waals surface area contributed by atoms with E-state index < -0.39 is 41.4 Å². The van der Waals surface area contributed by atoms with Gasteiger partial charge in [0.15, 0.2) is 11.5 Å². The number of carbonyl (C=O) groups excluding carboxylic acids is 4. The van der Waals surface area contributed by atoms with Crippen molar-refractivity contribution in [1.82, 2.24) is 0 Å². The van der Waals surface area contributed by atoms with Gasteiger partial charge in [0, 0.05) is 19.3 Å². The van der Waals surface area contributed by atoms with Crippen molar-refractivity contribution in [3.63, 3.8) is 0 Å². The number of hydrogen-bond donors (Lipinski definition) is 1. The van der Waals surface area contributed by atoms with E-state index in [4.69, 9.17) is 24.7 Å². The van der Waals surface area contributed by atoms with Crippen LogP contribution in [0.4, 0.5) is 0 Å². The van der Waals surface area contributed by atoms with E-state index in [0.29, 0.717) is 5.56 Å². The summed E-state index contributed by atoms with van der Waals surface area (Å²) < 4.78 is 21.0. The Kier molecular flexibility index (Phi) is 10.5. The van der Waals surface area contributed by atoms with Gasteiger partial charge in [0.05, 0.1) is 18.9 Å². The maximum Gasteiger partial charge on any atom is 0.326 e. The van der Waals surface area contributed by atoms with E-state index in [1.807, 2.05) is 0 Å². The first-order valence-electron chi connectivity index (χ1n) is 11.0. The fraction of sp³-hybridized carbons (Fsp3) is 0.583. The number of nitrogens with two attached hydrogens (primary N) is 1. The van der Waals surface area contributed by atoms with E-state index in [1.54, 1.807) is 47.6 Å². The van der Waals surface area contributed by atoms with Crippen molar-refractivity contribution in [2.24, 2.45) is 17.6 Å². The van der Waals surface area contributed by atoms with Crippen LogP contribution >= 0.6 is 0 Å². The van der Waals surface area contributed by atoms with Crippen molar-refractivity contribution in [3.05, 3.63) is 23.8 Å². The number of rotatable bonds is 11. The fourth-order valence-electron chi connectivity index (χ4n) is 2.94. The van der Waals surface area contributed by atoms with Crippen molar-refractivity contribution < 1.29 is 38.1 Å². The second kappa shape index (κ2) is 12.3. The Hall–Kier alpha value is -2.94. The molecule has 9 heteroatoms. The molecular formula is C24H35NO8. The first-order chi connectivity index (χ1) is 15.3. The molecule has 0 saturated heterocycles. The third kappa shape index (κ3) is 8.49. The lowest BCUT2D eigenvalue weighted by molar-refractivity contribution is -0.154. The van der Waals surface area contributed by atoms with Crippen LogP contribution in [0.2, 0.25) is 0 Å². The molecule has 1 rings (SSSR count). The molecule has 1 aromatic rings. The lowest BCUT2D eigenvalue weighted by atomic mass is 9.86. The molecular weight excluding hydrogens is 430 g/mol. The Morgan fingerprint density at radius 2 is 1.48 bits per heavy atom. The molecule has 2 N–H and O–H groups in total. The van der Waals surface area contributed by atoms with Gasteiger partial charge in [-0.05, 0) is 24.6 Å². The molecule has 0 aliphatic heterocycles. The molecule has 1 unspecified atom stereocenters. The zero-order valence-corrected chi connectivity index (χ0v) is 20.4. The van der Waals surface area contributed by atoms with E-state index in [-0.39, 0.29) is 36.7 Å². The normalized spacial score (nSPS) is 13.8. The maximum absolute atomic E-state index is 12.5. The maximum atomic E-state index is 12.5. The molecule has 184 valence electrons. The number of esters is 4. The topological polar surface area (TPSA) is 131 Å². The molecule has 0 radical (unpaired) electrons. The van der Waals surface area contributed by atoms with Gasteiger partial charge in [-0.15, -0.1) is 0 Å². The molecule has 0 bridgehead atoms. The fourth-order valence-corrected chi connectivity index (χ4v) is 2.94. The lowest BCUT2D eigenvalue weighted by Crippen LogP contribution is -2.53. The van der Waals surface area contributed by atoms with Crippen molar-refractivity contribution in [2.75, 3.05) is 7.11 Å². The van der Waals surface area contributed by atoms with Gasteiger partial charge in [0.2, 0.25) is 0 Å². The number of benzene rings is 1. The Labute approximate surface area is 194 Å². The molecule has 0 saturated carbocycles. The van der Waals surface area contributed by atoms with Gasteiger partial charge in [0.1, 0.15) is 11.6 Å². The smallest absolute Gasteiger partial charge is 0.326 e. The van der Waals surface area contributed by atoms with Crippen molar-refractivity contribution in [3.8, 4) is 11.5 Å². The van der Waals surface area contributed by atoms with E-state index in [2.05, 4.69) is 0 Å². The molecule has 2 atom stereocenters. The highest BCUT2D eigenvalue weighted by Gasteiger charge is 2.38. The van der Waals surface area contributed by atoms with Crippen LogP contribution in [0.3, 0.4) is 0 Å². The average molecular weight is 466 g/mol. The molecule has 33 heavy (non-hydrogen) atoms. The molecule has 0 aliphatic rings. The first kappa shape index (κ1) is 28.1. The minimum Gasteiger partial charge on any atom is -0.468 e. The molecule has 0 aromatic heterocycles. The van der Waals surface area contributed by atoms with Crippen LogP contribution in [-0.2, 0) is 35.1 Å². The summed E-state index contributed by atoms with van der Waals surface area (Å²) in [7, 11) is 1.22. The van der Waals surface area contributed by atoms with Crippen LogP contribution in [0.25, 0.3) is 0 Å². The van der Waals surface area contributed by atoms with Crippen LogP contribution < -0.4 is 15.2 Å². The van der Waals surface area contributed by atoms with Gasteiger partial charge < -0.3 is 24.7 Å². The summed E-state index contributed by atoms with van der Waals surface area (Å²) in [5.74, 6) is -2.77. The zero-order chi connectivity index (χ0) is 25.3. The highest BCUT2D eigenvalue weighted by atomic mass is 16.6. The highest BCUT2D eigenvalue weighted by Crippen LogP contribution is 2.32. The Balaban J connectivity index is 3.28. The Morgan fingerprint density at radius 1 is 0.939 bits per heavy atom. The number of hydrogen-bond acceptors (Lipinski definition) is 9. The Bertz CT molecular complexity index is 864. The monoisotopic (exact) mass is 465 g/mol. The number of carbonyl (C=O) groups is 4. The summed E-state index contributed by atoms with van der Waals surface area (Å²) >= 11 is 0. The van der Waals surface area contributed by atoms with Gasteiger partial charge in [-0.25, -0.2) is 0 Å². The van der Waals surface area contributed by atoms with E-state index >= 15 is 0 Å². The summed E-state index contributed by atoms with van der Waals surface area (Å²) in [5, 5.41) is 0. The predicted molar refractivity (Wildman–Crippen MR) is 120 cm³/mol. The third-order valence-electron chi connectivity index (χ3n) is 4.76. The predicted octanol–water partition coefficient (Wildman–Crippen LogP) is 2.95. The van der Waals surface area contributed by atoms with Crippen LogP contribution in [0, 0.1) is 11.8 Å². The number of ether oxygens (including phenoxy) is 4. The minimum absolute atomic E-state index is 0.00166. The van der Waals surface area contributed by atoms with Crippen LogP contribution in [0.1, 0.15) is 59.9 Å². The Morgan fingerprint density at radius 3 is 1.97 bits per heavy atom. The quantitative estimate of drug-likeness (QED) is 0.387. The first-order valence-corrected chi connectivity index (χ1v) is 11.0. The van der Waals surface area contributed by atoms with Crippen LogP contribution in [0.15, 0.2) is 18.2 Å². The highest BCUT2D eigenvalue weighted by molar-refractivity contribution is 5.81. The van der Waals surface area contributed by atoms with Crippen LogP contribution in [-0.4, -0.2) is 42.6 Å². The van der Waals surface area contributed by atoms with Gasteiger partial charge in [-0.1, -0.05) is 40.7 Å². The summed E-state index contributed by atoms with van der Waals surface area (Å²) in [6, 6.07) is 4.59. The van der Waals surface area contributed by atoms with Gasteiger partial charge in [0.25, 0.3) is 0 Å². The molecule has 0 fully saturated rings. The molecule has 1 aromatic carbocycles. The SMILES string of the molecule is CCC(=O)OC(C)C[C@@](N)(Cc1ccc(OC(=O)C(C)C)c(OC(=O)C(C)C)c1)C(=O)OC. The van der Waals surface area contributed by atoms with E-state index in [1.165, 1.54) is 19.2 Å². The minimum atomic E-state index is -1.52. The zero-order valence-electron chi connectivity index (χ0n) is 20.4. The van der Waals surface area contributed by atoms with Crippen molar-refractivity contribution >= 4 is 23.9 Å². The summed E-state index contributed by atoms with van der Waals surface area (Å²) in [6.07, 6.45) is -0.429. The van der Waals surface area contributed by atoms with Gasteiger partial charge >= 0.3 is 23.9 Å². The average Bonchev–Trinajstić information content (AvgIpc) is 2.74. The van der Waals surface area contributed by atoms with E-state index in [0.717, 1.165) is 0 Å². The molecule has 0 aliphatic carbocycles. The molecule has 0 amide bonds. The number of methoxy groups -OCH3 is 1. The molecule has 0 spiro atoms.